The number of hydrogen-bond acceptors (Lipinski definition) is 2. The predicted octanol–water partition coefficient (Wildman–Crippen LogP) is 3.10. The maximum atomic E-state index is 12.0. The number of carbonyl (C=O) groups is 1. The van der Waals surface area contributed by atoms with Crippen molar-refractivity contribution in [2.24, 2.45) is 5.41 Å². The normalized spacial score (nSPS) is 13.9. The third kappa shape index (κ3) is 4.74. The Morgan fingerprint density at radius 3 is 2.81 bits per heavy atom. The van der Waals surface area contributed by atoms with E-state index in [1.165, 1.54) is 17.5 Å². The van der Waals surface area contributed by atoms with Gasteiger partial charge >= 0.3 is 6.03 Å². The van der Waals surface area contributed by atoms with Gasteiger partial charge in [-0.25, -0.2) is 4.79 Å². The molecule has 4 nitrogen and oxygen atoms in total. The molecule has 0 spiro atoms. The zero-order chi connectivity index (χ0) is 15.3. The molecule has 0 atom stereocenters. The number of aryl methyl sites for hydroxylation is 2. The standard InChI is InChI=1S/C17H26N2O2/c1-17(2,9-4-10-20)12-18-16(21)19-15-8-7-13-5-3-6-14(13)11-15/h7-8,11,20H,3-6,9-10,12H2,1-2H3,(H2,18,19,21). The summed E-state index contributed by atoms with van der Waals surface area (Å²) >= 11 is 0. The first-order valence-electron chi connectivity index (χ1n) is 7.78. The molecule has 116 valence electrons. The van der Waals surface area contributed by atoms with E-state index in [2.05, 4.69) is 36.6 Å². The van der Waals surface area contributed by atoms with Gasteiger partial charge in [-0.1, -0.05) is 19.9 Å². The van der Waals surface area contributed by atoms with Gasteiger partial charge in [-0.05, 0) is 60.8 Å². The Morgan fingerprint density at radius 2 is 2.05 bits per heavy atom. The van der Waals surface area contributed by atoms with Crippen LogP contribution in [0, 0.1) is 5.41 Å². The lowest BCUT2D eigenvalue weighted by Gasteiger charge is -2.24. The highest BCUT2D eigenvalue weighted by atomic mass is 16.3. The lowest BCUT2D eigenvalue weighted by Crippen LogP contribution is -2.36. The topological polar surface area (TPSA) is 61.4 Å². The van der Waals surface area contributed by atoms with Crippen molar-refractivity contribution in [3.63, 3.8) is 0 Å². The molecule has 0 heterocycles. The molecule has 2 rings (SSSR count). The SMILES string of the molecule is CC(C)(CCCO)CNC(=O)Nc1ccc2c(c1)CCC2. The summed E-state index contributed by atoms with van der Waals surface area (Å²) in [5.74, 6) is 0. The summed E-state index contributed by atoms with van der Waals surface area (Å²) in [7, 11) is 0. The van der Waals surface area contributed by atoms with Crippen LogP contribution < -0.4 is 10.6 Å². The molecule has 1 aliphatic rings. The third-order valence-electron chi connectivity index (χ3n) is 4.10. The van der Waals surface area contributed by atoms with Gasteiger partial charge in [-0.2, -0.15) is 0 Å². The van der Waals surface area contributed by atoms with E-state index < -0.39 is 0 Å². The Balaban J connectivity index is 1.82. The molecule has 1 aromatic rings. The summed E-state index contributed by atoms with van der Waals surface area (Å²) in [6.45, 7) is 4.99. The van der Waals surface area contributed by atoms with E-state index in [1.807, 2.05) is 6.07 Å². The van der Waals surface area contributed by atoms with Gasteiger partial charge in [-0.15, -0.1) is 0 Å². The number of benzene rings is 1. The summed E-state index contributed by atoms with van der Waals surface area (Å²) in [6, 6.07) is 6.01. The quantitative estimate of drug-likeness (QED) is 0.754. The second kappa shape index (κ2) is 6.94. The van der Waals surface area contributed by atoms with Gasteiger partial charge in [0.1, 0.15) is 0 Å². The molecule has 21 heavy (non-hydrogen) atoms. The van der Waals surface area contributed by atoms with Crippen molar-refractivity contribution in [3.8, 4) is 0 Å². The molecule has 0 saturated carbocycles. The van der Waals surface area contributed by atoms with Crippen molar-refractivity contribution in [2.45, 2.75) is 46.0 Å². The molecule has 0 radical (unpaired) electrons. The number of aliphatic hydroxyl groups is 1. The van der Waals surface area contributed by atoms with E-state index in [-0.39, 0.29) is 18.1 Å². The van der Waals surface area contributed by atoms with Crippen molar-refractivity contribution in [2.75, 3.05) is 18.5 Å². The highest BCUT2D eigenvalue weighted by molar-refractivity contribution is 5.89. The van der Waals surface area contributed by atoms with Crippen LogP contribution in [0.2, 0.25) is 0 Å². The number of urea groups is 1. The molecular weight excluding hydrogens is 264 g/mol. The van der Waals surface area contributed by atoms with Crippen LogP contribution in [0.1, 0.15) is 44.2 Å². The molecule has 1 aliphatic carbocycles. The van der Waals surface area contributed by atoms with Gasteiger partial charge in [0.05, 0.1) is 0 Å². The first kappa shape index (κ1) is 15.8. The lowest BCUT2D eigenvalue weighted by molar-refractivity contribution is 0.227. The predicted molar refractivity (Wildman–Crippen MR) is 85.6 cm³/mol. The highest BCUT2D eigenvalue weighted by Crippen LogP contribution is 2.25. The van der Waals surface area contributed by atoms with E-state index in [4.69, 9.17) is 5.11 Å². The van der Waals surface area contributed by atoms with Crippen molar-refractivity contribution in [1.29, 1.82) is 0 Å². The third-order valence-corrected chi connectivity index (χ3v) is 4.10. The number of fused-ring (bicyclic) bond motifs is 1. The molecular formula is C17H26N2O2. The van der Waals surface area contributed by atoms with Crippen LogP contribution in [0.15, 0.2) is 18.2 Å². The molecule has 4 heteroatoms. The van der Waals surface area contributed by atoms with Gasteiger partial charge in [0.15, 0.2) is 0 Å². The Morgan fingerprint density at radius 1 is 1.29 bits per heavy atom. The smallest absolute Gasteiger partial charge is 0.319 e. The lowest BCUT2D eigenvalue weighted by atomic mass is 9.88. The minimum absolute atomic E-state index is 0.00198. The minimum Gasteiger partial charge on any atom is -0.396 e. The average molecular weight is 290 g/mol. The van der Waals surface area contributed by atoms with Gasteiger partial charge in [0.25, 0.3) is 0 Å². The monoisotopic (exact) mass is 290 g/mol. The van der Waals surface area contributed by atoms with Crippen LogP contribution in [0.5, 0.6) is 0 Å². The summed E-state index contributed by atoms with van der Waals surface area (Å²) in [5, 5.41) is 14.7. The maximum Gasteiger partial charge on any atom is 0.319 e. The zero-order valence-electron chi connectivity index (χ0n) is 13.0. The number of carbonyl (C=O) groups excluding carboxylic acids is 1. The van der Waals surface area contributed by atoms with E-state index in [0.717, 1.165) is 31.4 Å². The molecule has 0 unspecified atom stereocenters. The number of rotatable bonds is 6. The van der Waals surface area contributed by atoms with Crippen LogP contribution in [0.4, 0.5) is 10.5 Å². The summed E-state index contributed by atoms with van der Waals surface area (Å²) < 4.78 is 0. The summed E-state index contributed by atoms with van der Waals surface area (Å²) in [5.41, 5.74) is 3.63. The number of amides is 2. The second-order valence-electron chi connectivity index (χ2n) is 6.64. The number of nitrogens with one attached hydrogen (secondary N) is 2. The fraction of sp³-hybridized carbons (Fsp3) is 0.588. The number of anilines is 1. The molecule has 0 bridgehead atoms. The Bertz CT molecular complexity index is 498. The van der Waals surface area contributed by atoms with Crippen LogP contribution in [0.3, 0.4) is 0 Å². The Kier molecular flexibility index (Phi) is 5.23. The fourth-order valence-electron chi connectivity index (χ4n) is 2.79. The van der Waals surface area contributed by atoms with Crippen LogP contribution in [-0.2, 0) is 12.8 Å². The Hall–Kier alpha value is -1.55. The number of hydrogen-bond donors (Lipinski definition) is 3. The van der Waals surface area contributed by atoms with Crippen molar-refractivity contribution >= 4 is 11.7 Å². The molecule has 2 amide bonds. The van der Waals surface area contributed by atoms with E-state index in [1.54, 1.807) is 0 Å². The van der Waals surface area contributed by atoms with Crippen LogP contribution >= 0.6 is 0 Å². The van der Waals surface area contributed by atoms with Crippen molar-refractivity contribution < 1.29 is 9.90 Å². The van der Waals surface area contributed by atoms with Crippen LogP contribution in [-0.4, -0.2) is 24.3 Å². The molecule has 0 aromatic heterocycles. The number of aliphatic hydroxyl groups excluding tert-OH is 1. The largest absolute Gasteiger partial charge is 0.396 e. The molecule has 0 aliphatic heterocycles. The van der Waals surface area contributed by atoms with Gasteiger partial charge in [-0.3, -0.25) is 0 Å². The van der Waals surface area contributed by atoms with E-state index in [0.29, 0.717) is 6.54 Å². The second-order valence-corrected chi connectivity index (χ2v) is 6.64. The van der Waals surface area contributed by atoms with Gasteiger partial charge in [0, 0.05) is 18.8 Å². The molecule has 1 aromatic carbocycles. The molecule has 0 saturated heterocycles. The molecule has 3 N–H and O–H groups in total. The first-order valence-corrected chi connectivity index (χ1v) is 7.78. The van der Waals surface area contributed by atoms with Crippen molar-refractivity contribution in [1.82, 2.24) is 5.32 Å². The van der Waals surface area contributed by atoms with Gasteiger partial charge in [0.2, 0.25) is 0 Å². The molecule has 0 fully saturated rings. The summed E-state index contributed by atoms with van der Waals surface area (Å²) in [6.07, 6.45) is 5.13. The fourth-order valence-corrected chi connectivity index (χ4v) is 2.79. The average Bonchev–Trinajstić information content (AvgIpc) is 2.91. The van der Waals surface area contributed by atoms with Crippen LogP contribution in [0.25, 0.3) is 0 Å². The minimum atomic E-state index is -0.162. The highest BCUT2D eigenvalue weighted by Gasteiger charge is 2.18. The van der Waals surface area contributed by atoms with Gasteiger partial charge < -0.3 is 15.7 Å². The zero-order valence-corrected chi connectivity index (χ0v) is 13.0. The summed E-state index contributed by atoms with van der Waals surface area (Å²) in [4.78, 5) is 12.0. The van der Waals surface area contributed by atoms with E-state index in [9.17, 15) is 4.79 Å². The van der Waals surface area contributed by atoms with Crippen molar-refractivity contribution in [3.05, 3.63) is 29.3 Å². The Labute approximate surface area is 126 Å². The van der Waals surface area contributed by atoms with E-state index >= 15 is 0 Å². The first-order chi connectivity index (χ1) is 10.00. The maximum absolute atomic E-state index is 12.0.